The van der Waals surface area contributed by atoms with E-state index in [-0.39, 0.29) is 48.9 Å². The number of fused-ring (bicyclic) bond motifs is 2. The van der Waals surface area contributed by atoms with Crippen LogP contribution >= 0.6 is 0 Å². The van der Waals surface area contributed by atoms with Gasteiger partial charge < -0.3 is 34.8 Å². The maximum Gasteiger partial charge on any atom is 0.255 e. The molecule has 0 bridgehead atoms. The number of methoxy groups -OCH3 is 1. The summed E-state index contributed by atoms with van der Waals surface area (Å²) in [6.45, 7) is 4.06. The lowest BCUT2D eigenvalue weighted by atomic mass is 9.91. The number of hydrogen-bond donors (Lipinski definition) is 3. The molecular formula is C48H57N11O6. The van der Waals surface area contributed by atoms with E-state index in [1.165, 1.54) is 0 Å². The van der Waals surface area contributed by atoms with Gasteiger partial charge in [-0.1, -0.05) is 49.0 Å². The van der Waals surface area contributed by atoms with Crippen molar-refractivity contribution in [1.82, 2.24) is 40.5 Å². The monoisotopic (exact) mass is 883 g/mol. The molecule has 2 aromatic carbocycles. The van der Waals surface area contributed by atoms with Crippen LogP contribution < -0.4 is 30.5 Å². The predicted octanol–water partition coefficient (Wildman–Crippen LogP) is 5.28. The SMILES string of the molecule is CC[C@@H]1C(=O)N(C)c2cnc(Nc3ccc(-c4cn(C5CCC(NCCCOCC#Cc6cccc7c6CN(C6CCC(=O)NC6=O)C7=O)CC5)nn4)cc3OC)nc2N1C1CCCC1. The minimum Gasteiger partial charge on any atom is -0.495 e. The molecule has 2 aliphatic carbocycles. The fourth-order valence-corrected chi connectivity index (χ4v) is 10.1. The highest BCUT2D eigenvalue weighted by Gasteiger charge is 2.42. The zero-order valence-corrected chi connectivity index (χ0v) is 37.3. The molecule has 2 aromatic heterocycles. The number of carbonyl (C=O) groups excluding carboxylic acids is 4. The summed E-state index contributed by atoms with van der Waals surface area (Å²) < 4.78 is 13.6. The fraction of sp³-hybridized carbons (Fsp3) is 0.500. The number of carbonyl (C=O) groups is 4. The van der Waals surface area contributed by atoms with E-state index < -0.39 is 11.9 Å². The summed E-state index contributed by atoms with van der Waals surface area (Å²) in [6, 6.07) is 11.4. The zero-order valence-electron chi connectivity index (χ0n) is 37.3. The van der Waals surface area contributed by atoms with Crippen molar-refractivity contribution >= 4 is 46.8 Å². The number of likely N-dealkylation sites (N-methyl/N-ethyl adjacent to an activating group) is 1. The molecule has 1 unspecified atom stereocenters. The van der Waals surface area contributed by atoms with Crippen LogP contribution in [-0.2, 0) is 25.7 Å². The summed E-state index contributed by atoms with van der Waals surface area (Å²) in [5, 5.41) is 18.5. The number of piperidine rings is 1. The normalized spacial score (nSPS) is 22.1. The fourth-order valence-electron chi connectivity index (χ4n) is 10.1. The van der Waals surface area contributed by atoms with Gasteiger partial charge in [0.05, 0.1) is 31.2 Å². The van der Waals surface area contributed by atoms with Crippen LogP contribution in [0.2, 0.25) is 0 Å². The lowest BCUT2D eigenvalue weighted by molar-refractivity contribution is -0.137. The van der Waals surface area contributed by atoms with Gasteiger partial charge in [-0.05, 0) is 94.2 Å². The van der Waals surface area contributed by atoms with Crippen molar-refractivity contribution in [3.8, 4) is 28.8 Å². The Balaban J connectivity index is 0.723. The van der Waals surface area contributed by atoms with Gasteiger partial charge in [0, 0.05) is 55.4 Å². The highest BCUT2D eigenvalue weighted by Crippen LogP contribution is 2.41. The number of amides is 4. The molecule has 17 nitrogen and oxygen atoms in total. The smallest absolute Gasteiger partial charge is 0.255 e. The Labute approximate surface area is 379 Å². The zero-order chi connectivity index (χ0) is 45.0. The number of ether oxygens (including phenoxy) is 2. The van der Waals surface area contributed by atoms with E-state index in [9.17, 15) is 19.2 Å². The minimum atomic E-state index is -0.654. The summed E-state index contributed by atoms with van der Waals surface area (Å²) in [7, 11) is 3.45. The number of rotatable bonds is 14. The molecule has 0 radical (unpaired) electrons. The van der Waals surface area contributed by atoms with Crippen LogP contribution in [0.4, 0.5) is 23.1 Å². The van der Waals surface area contributed by atoms with Crippen molar-refractivity contribution in [1.29, 1.82) is 0 Å². The van der Waals surface area contributed by atoms with Gasteiger partial charge in [-0.3, -0.25) is 24.5 Å². The van der Waals surface area contributed by atoms with Gasteiger partial charge in [-0.15, -0.1) is 5.10 Å². The third-order valence-electron chi connectivity index (χ3n) is 13.6. The number of nitrogens with zero attached hydrogens (tertiary/aromatic N) is 8. The molecule has 17 heteroatoms. The molecule has 2 saturated carbocycles. The standard InChI is InChI=1S/C48H57N11O6/c1-4-39-47(63)56(2)41-27-50-48(53-44(41)59(39)34-12-5-6-13-34)51-37-20-15-31(26-42(37)64-3)38-29-58(55-54-38)33-18-16-32(17-19-33)49-23-9-25-65-24-8-11-30-10-7-14-35-36(30)28-57(46(35)62)40-21-22-43(60)52-45(40)61/h7,10,14-15,20,26-27,29,32-34,39-40,49H,4-6,9,12-13,16-19,21-25,28H2,1-3H3,(H,50,51,53)(H,52,60,61)/t32?,33?,39-,40?/m1/s1. The van der Waals surface area contributed by atoms with Crippen molar-refractivity contribution in [2.45, 2.75) is 121 Å². The van der Waals surface area contributed by atoms with E-state index in [1.54, 1.807) is 35.2 Å². The first-order valence-electron chi connectivity index (χ1n) is 23.1. The van der Waals surface area contributed by atoms with Crippen LogP contribution in [0, 0.1) is 11.8 Å². The Bertz CT molecular complexity index is 2500. The van der Waals surface area contributed by atoms with Gasteiger partial charge in [-0.2, -0.15) is 4.98 Å². The molecule has 2 atom stereocenters. The maximum atomic E-state index is 13.3. The first-order chi connectivity index (χ1) is 31.7. The Kier molecular flexibility index (Phi) is 13.1. The van der Waals surface area contributed by atoms with Gasteiger partial charge in [-0.25, -0.2) is 9.67 Å². The summed E-state index contributed by atoms with van der Waals surface area (Å²) in [4.78, 5) is 65.5. The Morgan fingerprint density at radius 1 is 0.985 bits per heavy atom. The van der Waals surface area contributed by atoms with E-state index >= 15 is 0 Å². The third kappa shape index (κ3) is 9.14. The second-order valence-corrected chi connectivity index (χ2v) is 17.6. The molecule has 5 heterocycles. The Hall–Kier alpha value is -6.38. The van der Waals surface area contributed by atoms with Gasteiger partial charge in [0.1, 0.15) is 35.8 Å². The first-order valence-corrected chi connectivity index (χ1v) is 23.1. The van der Waals surface area contributed by atoms with E-state index in [0.29, 0.717) is 49.3 Å². The molecule has 4 amide bonds. The Morgan fingerprint density at radius 2 is 1.82 bits per heavy atom. The quantitative estimate of drug-likeness (QED) is 0.0844. The van der Waals surface area contributed by atoms with Crippen molar-refractivity contribution < 1.29 is 28.7 Å². The molecule has 3 N–H and O–H groups in total. The van der Waals surface area contributed by atoms with Crippen LogP contribution in [0.5, 0.6) is 5.75 Å². The van der Waals surface area contributed by atoms with Crippen molar-refractivity contribution in [3.05, 3.63) is 65.5 Å². The molecule has 1 saturated heterocycles. The number of nitrogens with one attached hydrogen (secondary N) is 3. The molecule has 340 valence electrons. The number of benzene rings is 2. The summed E-state index contributed by atoms with van der Waals surface area (Å²) in [5.74, 6) is 7.26. The third-order valence-corrected chi connectivity index (χ3v) is 13.6. The molecule has 65 heavy (non-hydrogen) atoms. The average Bonchev–Trinajstić information content (AvgIpc) is 4.11. The molecule has 4 aromatic rings. The maximum absolute atomic E-state index is 13.3. The lowest BCUT2D eigenvalue weighted by Gasteiger charge is -2.43. The topological polar surface area (TPSA) is 189 Å². The van der Waals surface area contributed by atoms with Crippen LogP contribution in [0.25, 0.3) is 11.3 Å². The summed E-state index contributed by atoms with van der Waals surface area (Å²) >= 11 is 0. The number of hydrogen-bond acceptors (Lipinski definition) is 13. The van der Waals surface area contributed by atoms with E-state index in [2.05, 4.69) is 54.9 Å². The molecule has 5 aliphatic rings. The lowest BCUT2D eigenvalue weighted by Crippen LogP contribution is -2.55. The first kappa shape index (κ1) is 43.9. The van der Waals surface area contributed by atoms with Crippen LogP contribution in [0.1, 0.15) is 112 Å². The van der Waals surface area contributed by atoms with Gasteiger partial charge in [0.15, 0.2) is 5.82 Å². The highest BCUT2D eigenvalue weighted by molar-refractivity contribution is 6.06. The largest absolute Gasteiger partial charge is 0.495 e. The molecule has 3 aliphatic heterocycles. The van der Waals surface area contributed by atoms with Gasteiger partial charge >= 0.3 is 0 Å². The molecule has 0 spiro atoms. The van der Waals surface area contributed by atoms with E-state index in [4.69, 9.17) is 14.5 Å². The van der Waals surface area contributed by atoms with E-state index in [1.807, 2.05) is 42.2 Å². The second kappa shape index (κ2) is 19.4. The van der Waals surface area contributed by atoms with Crippen LogP contribution in [0.15, 0.2) is 48.8 Å². The molecule has 9 rings (SSSR count). The second-order valence-electron chi connectivity index (χ2n) is 17.6. The van der Waals surface area contributed by atoms with Crippen molar-refractivity contribution in [3.63, 3.8) is 0 Å². The molecular weight excluding hydrogens is 827 g/mol. The van der Waals surface area contributed by atoms with Crippen LogP contribution in [-0.4, -0.2) is 112 Å². The number of aromatic nitrogens is 5. The Morgan fingerprint density at radius 3 is 2.60 bits per heavy atom. The average molecular weight is 884 g/mol. The van der Waals surface area contributed by atoms with Crippen molar-refractivity contribution in [2.24, 2.45) is 0 Å². The number of imide groups is 1. The van der Waals surface area contributed by atoms with Crippen LogP contribution in [0.3, 0.4) is 0 Å². The van der Waals surface area contributed by atoms with Gasteiger partial charge in [0.25, 0.3) is 5.91 Å². The highest BCUT2D eigenvalue weighted by atomic mass is 16.5. The predicted molar refractivity (Wildman–Crippen MR) is 244 cm³/mol. The van der Waals surface area contributed by atoms with E-state index in [0.717, 1.165) is 104 Å². The van der Waals surface area contributed by atoms with Crippen molar-refractivity contribution in [2.75, 3.05) is 49.0 Å². The minimum absolute atomic E-state index is 0.0874. The van der Waals surface area contributed by atoms with Gasteiger partial charge in [0.2, 0.25) is 23.7 Å². The summed E-state index contributed by atoms with van der Waals surface area (Å²) in [6.07, 6.45) is 14.4. The number of anilines is 4. The molecule has 3 fully saturated rings. The summed E-state index contributed by atoms with van der Waals surface area (Å²) in [5.41, 5.74) is 5.23.